The molecule has 140 valence electrons. The van der Waals surface area contributed by atoms with E-state index in [9.17, 15) is 4.79 Å². The molecule has 1 aromatic carbocycles. The van der Waals surface area contributed by atoms with Gasteiger partial charge in [0.1, 0.15) is 5.69 Å². The topological polar surface area (TPSA) is 70.6 Å². The van der Waals surface area contributed by atoms with Crippen molar-refractivity contribution in [1.82, 2.24) is 14.3 Å². The van der Waals surface area contributed by atoms with Crippen LogP contribution in [0, 0.1) is 19.3 Å². The van der Waals surface area contributed by atoms with Crippen LogP contribution in [-0.4, -0.2) is 34.5 Å². The molecule has 7 nitrogen and oxygen atoms in total. The quantitative estimate of drug-likeness (QED) is 0.634. The van der Waals surface area contributed by atoms with Crippen molar-refractivity contribution in [2.24, 2.45) is 4.99 Å². The highest BCUT2D eigenvalue weighted by Gasteiger charge is 2.15. The lowest BCUT2D eigenvalue weighted by atomic mass is 10.3. The molecule has 0 N–H and O–H groups in total. The van der Waals surface area contributed by atoms with E-state index in [1.165, 1.54) is 11.3 Å². The summed E-state index contributed by atoms with van der Waals surface area (Å²) >= 11 is 1.37. The number of carbonyl (C=O) groups is 1. The maximum absolute atomic E-state index is 12.8. The third-order valence-corrected chi connectivity index (χ3v) is 5.10. The molecule has 0 atom stereocenters. The van der Waals surface area contributed by atoms with E-state index in [1.54, 1.807) is 25.0 Å². The van der Waals surface area contributed by atoms with E-state index in [2.05, 4.69) is 16.0 Å². The summed E-state index contributed by atoms with van der Waals surface area (Å²) in [6, 6.07) is 5.43. The van der Waals surface area contributed by atoms with Gasteiger partial charge in [0.15, 0.2) is 16.3 Å². The van der Waals surface area contributed by atoms with E-state index in [4.69, 9.17) is 15.9 Å². The molecule has 0 aliphatic rings. The number of rotatable bonds is 5. The van der Waals surface area contributed by atoms with Gasteiger partial charge in [-0.05, 0) is 19.9 Å². The van der Waals surface area contributed by atoms with Gasteiger partial charge in [-0.1, -0.05) is 17.3 Å². The van der Waals surface area contributed by atoms with Crippen molar-refractivity contribution in [1.29, 1.82) is 0 Å². The molecule has 0 radical (unpaired) electrons. The second kappa shape index (κ2) is 7.68. The highest BCUT2D eigenvalue weighted by atomic mass is 32.1. The summed E-state index contributed by atoms with van der Waals surface area (Å²) in [6.45, 7) is 4.66. The molecule has 27 heavy (non-hydrogen) atoms. The van der Waals surface area contributed by atoms with E-state index in [0.717, 1.165) is 15.9 Å². The SMILES string of the molecule is C#CCn1c(=NC(=O)c2cc(C)nn2CC)sc2cc(OC)c(OC)cc21. The normalized spacial score (nSPS) is 11.6. The van der Waals surface area contributed by atoms with Crippen LogP contribution in [0.25, 0.3) is 10.2 Å². The molecule has 0 bridgehead atoms. The molecule has 0 aliphatic carbocycles. The first-order chi connectivity index (χ1) is 13.0. The molecule has 3 rings (SSSR count). The lowest BCUT2D eigenvalue weighted by molar-refractivity contribution is 0.0987. The minimum atomic E-state index is -0.353. The van der Waals surface area contributed by atoms with E-state index in [-0.39, 0.29) is 12.5 Å². The predicted molar refractivity (Wildman–Crippen MR) is 104 cm³/mol. The summed E-state index contributed by atoms with van der Waals surface area (Å²) in [7, 11) is 3.15. The average molecular weight is 384 g/mol. The minimum Gasteiger partial charge on any atom is -0.493 e. The second-order valence-corrected chi connectivity index (χ2v) is 6.76. The van der Waals surface area contributed by atoms with Gasteiger partial charge in [0.05, 0.1) is 36.7 Å². The molecule has 0 aliphatic heterocycles. The van der Waals surface area contributed by atoms with Gasteiger partial charge in [-0.3, -0.25) is 9.48 Å². The molecule has 2 aromatic heterocycles. The first-order valence-electron chi connectivity index (χ1n) is 8.34. The van der Waals surface area contributed by atoms with Gasteiger partial charge in [-0.15, -0.1) is 6.42 Å². The first-order valence-corrected chi connectivity index (χ1v) is 9.16. The van der Waals surface area contributed by atoms with Crippen molar-refractivity contribution in [2.75, 3.05) is 14.2 Å². The van der Waals surface area contributed by atoms with Gasteiger partial charge < -0.3 is 14.0 Å². The number of terminal acetylenes is 1. The Morgan fingerprint density at radius 3 is 2.63 bits per heavy atom. The Labute approximate surface area is 160 Å². The van der Waals surface area contributed by atoms with Crippen molar-refractivity contribution < 1.29 is 14.3 Å². The fourth-order valence-corrected chi connectivity index (χ4v) is 3.87. The maximum Gasteiger partial charge on any atom is 0.297 e. The number of nitrogens with zero attached hydrogens (tertiary/aromatic N) is 4. The summed E-state index contributed by atoms with van der Waals surface area (Å²) in [4.78, 5) is 17.6. The fourth-order valence-electron chi connectivity index (χ4n) is 2.83. The number of methoxy groups -OCH3 is 2. The van der Waals surface area contributed by atoms with E-state index < -0.39 is 0 Å². The van der Waals surface area contributed by atoms with Crippen molar-refractivity contribution >= 4 is 27.5 Å². The summed E-state index contributed by atoms with van der Waals surface area (Å²) < 4.78 is 15.1. The molecule has 0 saturated carbocycles. The van der Waals surface area contributed by atoms with Crippen LogP contribution in [-0.2, 0) is 13.1 Å². The lowest BCUT2D eigenvalue weighted by Crippen LogP contribution is -2.18. The van der Waals surface area contributed by atoms with Crippen molar-refractivity contribution in [3.8, 4) is 23.8 Å². The molecule has 0 saturated heterocycles. The third-order valence-electron chi connectivity index (χ3n) is 4.06. The molecule has 3 aromatic rings. The van der Waals surface area contributed by atoms with Crippen LogP contribution in [0.3, 0.4) is 0 Å². The zero-order valence-corrected chi connectivity index (χ0v) is 16.5. The molecule has 0 spiro atoms. The maximum atomic E-state index is 12.8. The molecule has 0 fully saturated rings. The van der Waals surface area contributed by atoms with Crippen LogP contribution in [0.4, 0.5) is 0 Å². The summed E-state index contributed by atoms with van der Waals surface area (Å²) in [5.74, 6) is 3.46. The molecule has 0 unspecified atom stereocenters. The zero-order valence-electron chi connectivity index (χ0n) is 15.6. The van der Waals surface area contributed by atoms with Gasteiger partial charge in [0.2, 0.25) is 0 Å². The number of amides is 1. The van der Waals surface area contributed by atoms with E-state index in [1.807, 2.05) is 30.5 Å². The zero-order chi connectivity index (χ0) is 19.6. The van der Waals surface area contributed by atoms with Crippen LogP contribution in [0.1, 0.15) is 23.1 Å². The van der Waals surface area contributed by atoms with Crippen molar-refractivity contribution in [3.05, 3.63) is 34.4 Å². The predicted octanol–water partition coefficient (Wildman–Crippen LogP) is 2.62. The van der Waals surface area contributed by atoms with E-state index >= 15 is 0 Å². The van der Waals surface area contributed by atoms with Crippen molar-refractivity contribution in [2.45, 2.75) is 26.9 Å². The number of fused-ring (bicyclic) bond motifs is 1. The number of hydrogen-bond donors (Lipinski definition) is 0. The number of aryl methyl sites for hydroxylation is 2. The summed E-state index contributed by atoms with van der Waals surface area (Å²) in [5.41, 5.74) is 2.06. The number of aromatic nitrogens is 3. The first kappa shape index (κ1) is 18.7. The Morgan fingerprint density at radius 2 is 2.00 bits per heavy atom. The Morgan fingerprint density at radius 1 is 1.30 bits per heavy atom. The van der Waals surface area contributed by atoms with Crippen LogP contribution in [0.5, 0.6) is 11.5 Å². The fraction of sp³-hybridized carbons (Fsp3) is 0.316. The highest BCUT2D eigenvalue weighted by Crippen LogP contribution is 2.33. The van der Waals surface area contributed by atoms with Crippen LogP contribution < -0.4 is 14.3 Å². The molecule has 8 heteroatoms. The van der Waals surface area contributed by atoms with Gasteiger partial charge in [0, 0.05) is 18.7 Å². The standard InChI is InChI=1S/C19H20N4O3S/c1-6-8-22-13-10-15(25-4)16(26-5)11-17(13)27-19(22)20-18(24)14-9-12(3)21-23(14)7-2/h1,9-11H,7-8H2,2-5H3. The van der Waals surface area contributed by atoms with Gasteiger partial charge in [0.25, 0.3) is 5.91 Å². The lowest BCUT2D eigenvalue weighted by Gasteiger charge is -2.08. The Bertz CT molecular complexity index is 1110. The molecule has 1 amide bonds. The van der Waals surface area contributed by atoms with Crippen LogP contribution in [0.2, 0.25) is 0 Å². The molecule has 2 heterocycles. The highest BCUT2D eigenvalue weighted by molar-refractivity contribution is 7.16. The number of carbonyl (C=O) groups excluding carboxylic acids is 1. The number of thiazole rings is 1. The Kier molecular flexibility index (Phi) is 5.33. The van der Waals surface area contributed by atoms with Crippen molar-refractivity contribution in [3.63, 3.8) is 0 Å². The van der Waals surface area contributed by atoms with E-state index in [0.29, 0.717) is 28.5 Å². The number of benzene rings is 1. The smallest absolute Gasteiger partial charge is 0.297 e. The number of hydrogen-bond acceptors (Lipinski definition) is 5. The van der Waals surface area contributed by atoms with Gasteiger partial charge in [-0.25, -0.2) is 0 Å². The minimum absolute atomic E-state index is 0.285. The van der Waals surface area contributed by atoms with Gasteiger partial charge >= 0.3 is 0 Å². The summed E-state index contributed by atoms with van der Waals surface area (Å²) in [5, 5.41) is 4.31. The third kappa shape index (κ3) is 3.46. The molecular weight excluding hydrogens is 364 g/mol. The summed E-state index contributed by atoms with van der Waals surface area (Å²) in [6.07, 6.45) is 5.53. The van der Waals surface area contributed by atoms with Crippen LogP contribution in [0.15, 0.2) is 23.2 Å². The second-order valence-electron chi connectivity index (χ2n) is 5.75. The number of ether oxygens (including phenoxy) is 2. The molecular formula is C19H20N4O3S. The average Bonchev–Trinajstić information content (AvgIpc) is 3.20. The van der Waals surface area contributed by atoms with Crippen LogP contribution >= 0.6 is 11.3 Å². The Hall–Kier alpha value is -3.05. The largest absolute Gasteiger partial charge is 0.493 e. The monoisotopic (exact) mass is 384 g/mol. The Balaban J connectivity index is 2.20. The van der Waals surface area contributed by atoms with Gasteiger partial charge in [-0.2, -0.15) is 10.1 Å².